The van der Waals surface area contributed by atoms with Crippen LogP contribution in [-0.2, 0) is 0 Å². The molecular weight excluding hydrogens is 250 g/mol. The lowest BCUT2D eigenvalue weighted by molar-refractivity contribution is 0.146. The van der Waals surface area contributed by atoms with Gasteiger partial charge in [0.15, 0.2) is 0 Å². The maximum atomic E-state index is 10.6. The van der Waals surface area contributed by atoms with E-state index >= 15 is 0 Å². The van der Waals surface area contributed by atoms with Crippen LogP contribution < -0.4 is 10.5 Å². The SMILES string of the molecule is COc1ccc(C(CN)C(O)c2ccccc2C)cc1. The Morgan fingerprint density at radius 1 is 1.10 bits per heavy atom. The highest BCUT2D eigenvalue weighted by Crippen LogP contribution is 2.32. The first kappa shape index (κ1) is 14.6. The second-order valence-electron chi connectivity index (χ2n) is 4.92. The number of hydrogen-bond acceptors (Lipinski definition) is 3. The number of aliphatic hydroxyl groups excluding tert-OH is 1. The molecule has 106 valence electrons. The molecule has 3 N–H and O–H groups in total. The van der Waals surface area contributed by atoms with Crippen LogP contribution in [0.4, 0.5) is 0 Å². The topological polar surface area (TPSA) is 55.5 Å². The first-order valence-corrected chi connectivity index (χ1v) is 6.75. The Morgan fingerprint density at radius 2 is 1.75 bits per heavy atom. The number of benzene rings is 2. The molecule has 0 saturated heterocycles. The number of methoxy groups -OCH3 is 1. The first-order chi connectivity index (χ1) is 9.67. The Hall–Kier alpha value is -1.84. The predicted octanol–water partition coefficient (Wildman–Crippen LogP) is 2.78. The second kappa shape index (κ2) is 6.55. The minimum absolute atomic E-state index is 0.123. The maximum absolute atomic E-state index is 10.6. The van der Waals surface area contributed by atoms with Crippen molar-refractivity contribution in [2.24, 2.45) is 5.73 Å². The van der Waals surface area contributed by atoms with Crippen LogP contribution in [0.25, 0.3) is 0 Å². The van der Waals surface area contributed by atoms with E-state index in [0.29, 0.717) is 6.54 Å². The lowest BCUT2D eigenvalue weighted by Gasteiger charge is -2.23. The van der Waals surface area contributed by atoms with E-state index in [0.717, 1.165) is 22.4 Å². The molecule has 0 heterocycles. The summed E-state index contributed by atoms with van der Waals surface area (Å²) in [7, 11) is 1.64. The number of hydrogen-bond donors (Lipinski definition) is 2. The van der Waals surface area contributed by atoms with Crippen molar-refractivity contribution in [2.75, 3.05) is 13.7 Å². The summed E-state index contributed by atoms with van der Waals surface area (Å²) < 4.78 is 5.15. The van der Waals surface area contributed by atoms with Gasteiger partial charge in [0.05, 0.1) is 13.2 Å². The van der Waals surface area contributed by atoms with E-state index in [1.165, 1.54) is 0 Å². The third kappa shape index (κ3) is 3.00. The van der Waals surface area contributed by atoms with Crippen LogP contribution in [-0.4, -0.2) is 18.8 Å². The molecule has 2 rings (SSSR count). The molecule has 0 bridgehead atoms. The van der Waals surface area contributed by atoms with Gasteiger partial charge in [0, 0.05) is 12.5 Å². The summed E-state index contributed by atoms with van der Waals surface area (Å²) in [6, 6.07) is 15.6. The van der Waals surface area contributed by atoms with E-state index in [-0.39, 0.29) is 5.92 Å². The molecule has 3 heteroatoms. The minimum Gasteiger partial charge on any atom is -0.497 e. The van der Waals surface area contributed by atoms with E-state index in [1.807, 2.05) is 55.5 Å². The smallest absolute Gasteiger partial charge is 0.118 e. The molecule has 2 unspecified atom stereocenters. The van der Waals surface area contributed by atoms with E-state index in [9.17, 15) is 5.11 Å². The fraction of sp³-hybridized carbons (Fsp3) is 0.294. The Morgan fingerprint density at radius 3 is 2.30 bits per heavy atom. The van der Waals surface area contributed by atoms with Gasteiger partial charge in [-0.25, -0.2) is 0 Å². The summed E-state index contributed by atoms with van der Waals surface area (Å²) in [6.07, 6.45) is -0.602. The molecule has 0 saturated carbocycles. The van der Waals surface area contributed by atoms with E-state index < -0.39 is 6.10 Å². The van der Waals surface area contributed by atoms with Gasteiger partial charge < -0.3 is 15.6 Å². The van der Waals surface area contributed by atoms with Gasteiger partial charge in [0.1, 0.15) is 5.75 Å². The molecule has 0 aliphatic rings. The molecule has 0 aromatic heterocycles. The van der Waals surface area contributed by atoms with Gasteiger partial charge in [0.2, 0.25) is 0 Å². The van der Waals surface area contributed by atoms with Crippen LogP contribution in [0.3, 0.4) is 0 Å². The van der Waals surface area contributed by atoms with Crippen LogP contribution in [0.2, 0.25) is 0 Å². The average molecular weight is 271 g/mol. The maximum Gasteiger partial charge on any atom is 0.118 e. The van der Waals surface area contributed by atoms with Crippen molar-refractivity contribution < 1.29 is 9.84 Å². The molecule has 0 spiro atoms. The standard InChI is InChI=1S/C17H21NO2/c1-12-5-3-4-6-15(12)17(19)16(11-18)13-7-9-14(20-2)10-8-13/h3-10,16-17,19H,11,18H2,1-2H3. The molecule has 0 aliphatic carbocycles. The molecular formula is C17H21NO2. The van der Waals surface area contributed by atoms with E-state index in [1.54, 1.807) is 7.11 Å². The Labute approximate surface area is 120 Å². The Kier molecular flexibility index (Phi) is 4.77. The molecule has 0 fully saturated rings. The van der Waals surface area contributed by atoms with E-state index in [2.05, 4.69) is 0 Å². The first-order valence-electron chi connectivity index (χ1n) is 6.75. The van der Waals surface area contributed by atoms with Gasteiger partial charge in [-0.3, -0.25) is 0 Å². The highest BCUT2D eigenvalue weighted by atomic mass is 16.5. The summed E-state index contributed by atoms with van der Waals surface area (Å²) in [6.45, 7) is 2.39. The summed E-state index contributed by atoms with van der Waals surface area (Å²) in [5.41, 5.74) is 8.90. The lowest BCUT2D eigenvalue weighted by Crippen LogP contribution is -2.20. The molecule has 2 aromatic carbocycles. The zero-order valence-corrected chi connectivity index (χ0v) is 11.9. The Balaban J connectivity index is 2.29. The van der Waals surface area contributed by atoms with Crippen molar-refractivity contribution in [3.8, 4) is 5.75 Å². The molecule has 3 nitrogen and oxygen atoms in total. The van der Waals surface area contributed by atoms with Crippen molar-refractivity contribution in [3.05, 3.63) is 65.2 Å². The number of nitrogens with two attached hydrogens (primary N) is 1. The van der Waals surface area contributed by atoms with E-state index in [4.69, 9.17) is 10.5 Å². The molecule has 2 aromatic rings. The Bertz CT molecular complexity index is 551. The van der Waals surface area contributed by atoms with Crippen LogP contribution >= 0.6 is 0 Å². The minimum atomic E-state index is -0.602. The second-order valence-corrected chi connectivity index (χ2v) is 4.92. The van der Waals surface area contributed by atoms with Crippen LogP contribution in [0.1, 0.15) is 28.7 Å². The van der Waals surface area contributed by atoms with Crippen LogP contribution in [0.15, 0.2) is 48.5 Å². The fourth-order valence-electron chi connectivity index (χ4n) is 2.43. The summed E-state index contributed by atoms with van der Waals surface area (Å²) >= 11 is 0. The highest BCUT2D eigenvalue weighted by molar-refractivity contribution is 5.34. The largest absolute Gasteiger partial charge is 0.497 e. The van der Waals surface area contributed by atoms with Crippen molar-refractivity contribution in [1.82, 2.24) is 0 Å². The molecule has 0 amide bonds. The van der Waals surface area contributed by atoms with Gasteiger partial charge in [-0.2, -0.15) is 0 Å². The number of aryl methyl sites for hydroxylation is 1. The lowest BCUT2D eigenvalue weighted by atomic mass is 9.87. The fourth-order valence-corrected chi connectivity index (χ4v) is 2.43. The summed E-state index contributed by atoms with van der Waals surface area (Å²) in [5.74, 6) is 0.678. The third-order valence-corrected chi connectivity index (χ3v) is 3.69. The van der Waals surface area contributed by atoms with Gasteiger partial charge >= 0.3 is 0 Å². The quantitative estimate of drug-likeness (QED) is 0.879. The van der Waals surface area contributed by atoms with Crippen molar-refractivity contribution in [3.63, 3.8) is 0 Å². The number of aliphatic hydroxyl groups is 1. The zero-order valence-electron chi connectivity index (χ0n) is 11.9. The predicted molar refractivity (Wildman–Crippen MR) is 80.9 cm³/mol. The zero-order chi connectivity index (χ0) is 14.5. The monoisotopic (exact) mass is 271 g/mol. The summed E-state index contributed by atoms with van der Waals surface area (Å²) in [4.78, 5) is 0. The van der Waals surface area contributed by atoms with Gasteiger partial charge in [-0.1, -0.05) is 36.4 Å². The van der Waals surface area contributed by atoms with Crippen molar-refractivity contribution >= 4 is 0 Å². The third-order valence-electron chi connectivity index (χ3n) is 3.69. The average Bonchev–Trinajstić information content (AvgIpc) is 2.49. The highest BCUT2D eigenvalue weighted by Gasteiger charge is 2.22. The normalized spacial score (nSPS) is 13.8. The van der Waals surface area contributed by atoms with Gasteiger partial charge in [-0.05, 0) is 35.7 Å². The van der Waals surface area contributed by atoms with Crippen molar-refractivity contribution in [2.45, 2.75) is 18.9 Å². The molecule has 0 aliphatic heterocycles. The molecule has 2 atom stereocenters. The number of ether oxygens (including phenoxy) is 1. The molecule has 20 heavy (non-hydrogen) atoms. The summed E-state index contributed by atoms with van der Waals surface area (Å²) in [5, 5.41) is 10.6. The van der Waals surface area contributed by atoms with Crippen molar-refractivity contribution in [1.29, 1.82) is 0 Å². The molecule has 0 radical (unpaired) electrons. The van der Waals surface area contributed by atoms with Gasteiger partial charge in [-0.15, -0.1) is 0 Å². The van der Waals surface area contributed by atoms with Crippen LogP contribution in [0, 0.1) is 6.92 Å². The van der Waals surface area contributed by atoms with Crippen LogP contribution in [0.5, 0.6) is 5.75 Å². The van der Waals surface area contributed by atoms with Gasteiger partial charge in [0.25, 0.3) is 0 Å². The number of rotatable bonds is 5.